The van der Waals surface area contributed by atoms with E-state index in [9.17, 15) is 0 Å². The summed E-state index contributed by atoms with van der Waals surface area (Å²) >= 11 is 0. The van der Waals surface area contributed by atoms with Crippen LogP contribution in [0.5, 0.6) is 0 Å². The van der Waals surface area contributed by atoms with Gasteiger partial charge < -0.3 is 4.52 Å². The number of rotatable bonds is 3. The van der Waals surface area contributed by atoms with Crippen LogP contribution in [-0.4, -0.2) is 11.7 Å². The van der Waals surface area contributed by atoms with Crippen LogP contribution >= 0.6 is 0 Å². The third-order valence-corrected chi connectivity index (χ3v) is 1.18. The predicted octanol–water partition coefficient (Wildman–Crippen LogP) is 0.788. The van der Waals surface area contributed by atoms with E-state index in [1.165, 1.54) is 0 Å². The summed E-state index contributed by atoms with van der Waals surface area (Å²) in [6.45, 7) is 3.20. The number of aromatic nitrogens is 1. The lowest BCUT2D eigenvalue weighted by atomic mass is 10.4. The lowest BCUT2D eigenvalue weighted by Gasteiger charge is -1.93. The van der Waals surface area contributed by atoms with Crippen molar-refractivity contribution in [2.75, 3.05) is 6.54 Å². The molecule has 3 nitrogen and oxygen atoms in total. The van der Waals surface area contributed by atoms with Gasteiger partial charge in [0.25, 0.3) is 0 Å². The first-order valence-corrected chi connectivity index (χ1v) is 3.43. The summed E-state index contributed by atoms with van der Waals surface area (Å²) in [7, 11) is 0. The predicted molar refractivity (Wildman–Crippen MR) is 41.7 cm³/mol. The molecule has 0 aliphatic carbocycles. The van der Waals surface area contributed by atoms with Gasteiger partial charge in [0.1, 0.15) is 5.76 Å². The molecule has 0 radical (unpaired) electrons. The SMILES string of the molecule is CC#CCNCc1ccno1. The minimum atomic E-state index is 0.689. The molecule has 0 aromatic carbocycles. The summed E-state index contributed by atoms with van der Waals surface area (Å²) in [6, 6.07) is 1.83. The van der Waals surface area contributed by atoms with E-state index in [0.717, 1.165) is 5.76 Å². The molecule has 58 valence electrons. The molecule has 0 aliphatic rings. The third kappa shape index (κ3) is 2.87. The minimum absolute atomic E-state index is 0.689. The van der Waals surface area contributed by atoms with E-state index in [-0.39, 0.29) is 0 Å². The Morgan fingerprint density at radius 1 is 1.73 bits per heavy atom. The first-order valence-electron chi connectivity index (χ1n) is 3.43. The Morgan fingerprint density at radius 2 is 2.64 bits per heavy atom. The maximum absolute atomic E-state index is 4.85. The molecule has 0 unspecified atom stereocenters. The molecule has 1 N–H and O–H groups in total. The third-order valence-electron chi connectivity index (χ3n) is 1.18. The molecule has 0 fully saturated rings. The molecule has 11 heavy (non-hydrogen) atoms. The molecule has 0 spiro atoms. The highest BCUT2D eigenvalue weighted by molar-refractivity contribution is 4.98. The summed E-state index contributed by atoms with van der Waals surface area (Å²) in [6.07, 6.45) is 1.63. The summed E-state index contributed by atoms with van der Waals surface area (Å²) < 4.78 is 4.85. The number of hydrogen-bond donors (Lipinski definition) is 1. The Labute approximate surface area is 65.8 Å². The first-order chi connectivity index (χ1) is 5.43. The van der Waals surface area contributed by atoms with E-state index in [1.54, 1.807) is 6.20 Å². The zero-order chi connectivity index (χ0) is 7.94. The molecule has 1 aromatic rings. The van der Waals surface area contributed by atoms with Crippen molar-refractivity contribution in [1.29, 1.82) is 0 Å². The monoisotopic (exact) mass is 150 g/mol. The number of nitrogens with one attached hydrogen (secondary N) is 1. The highest BCUT2D eigenvalue weighted by Crippen LogP contribution is 1.93. The van der Waals surface area contributed by atoms with E-state index in [0.29, 0.717) is 13.1 Å². The van der Waals surface area contributed by atoms with E-state index in [4.69, 9.17) is 4.52 Å². The fraction of sp³-hybridized carbons (Fsp3) is 0.375. The van der Waals surface area contributed by atoms with E-state index < -0.39 is 0 Å². The van der Waals surface area contributed by atoms with Crippen molar-refractivity contribution >= 4 is 0 Å². The fourth-order valence-corrected chi connectivity index (χ4v) is 0.670. The Morgan fingerprint density at radius 3 is 3.27 bits per heavy atom. The van der Waals surface area contributed by atoms with Crippen molar-refractivity contribution in [2.24, 2.45) is 0 Å². The van der Waals surface area contributed by atoms with Crippen LogP contribution < -0.4 is 5.32 Å². The molecule has 0 saturated carbocycles. The average molecular weight is 150 g/mol. The Hall–Kier alpha value is -1.27. The number of nitrogens with zero attached hydrogens (tertiary/aromatic N) is 1. The quantitative estimate of drug-likeness (QED) is 0.511. The van der Waals surface area contributed by atoms with Crippen LogP contribution in [0.1, 0.15) is 12.7 Å². The van der Waals surface area contributed by atoms with Crippen LogP contribution in [0.3, 0.4) is 0 Å². The lowest BCUT2D eigenvalue weighted by molar-refractivity contribution is 0.375. The van der Waals surface area contributed by atoms with Crippen LogP contribution in [0.2, 0.25) is 0 Å². The fourth-order valence-electron chi connectivity index (χ4n) is 0.670. The molecule has 0 aliphatic heterocycles. The minimum Gasteiger partial charge on any atom is -0.360 e. The average Bonchev–Trinajstić information content (AvgIpc) is 2.50. The van der Waals surface area contributed by atoms with Gasteiger partial charge in [-0.05, 0) is 6.92 Å². The van der Waals surface area contributed by atoms with Crippen LogP contribution in [-0.2, 0) is 6.54 Å². The second-order valence-corrected chi connectivity index (χ2v) is 2.01. The topological polar surface area (TPSA) is 38.1 Å². The Balaban J connectivity index is 2.17. The largest absolute Gasteiger partial charge is 0.360 e. The van der Waals surface area contributed by atoms with E-state index >= 15 is 0 Å². The smallest absolute Gasteiger partial charge is 0.150 e. The second kappa shape index (κ2) is 4.53. The molecule has 3 heteroatoms. The summed E-state index contributed by atoms with van der Waals surface area (Å²) in [5, 5.41) is 6.65. The molecule has 0 atom stereocenters. The summed E-state index contributed by atoms with van der Waals surface area (Å²) in [5.41, 5.74) is 0. The molecular formula is C8H10N2O. The summed E-state index contributed by atoms with van der Waals surface area (Å²) in [4.78, 5) is 0. The molecule has 0 bridgehead atoms. The summed E-state index contributed by atoms with van der Waals surface area (Å²) in [5.74, 6) is 6.51. The van der Waals surface area contributed by atoms with E-state index in [1.807, 2.05) is 13.0 Å². The highest BCUT2D eigenvalue weighted by atomic mass is 16.5. The second-order valence-electron chi connectivity index (χ2n) is 2.01. The van der Waals surface area contributed by atoms with Gasteiger partial charge in [0, 0.05) is 6.07 Å². The molecule has 1 rings (SSSR count). The van der Waals surface area contributed by atoms with Crippen LogP contribution in [0.4, 0.5) is 0 Å². The van der Waals surface area contributed by atoms with Crippen molar-refractivity contribution in [3.8, 4) is 11.8 Å². The van der Waals surface area contributed by atoms with E-state index in [2.05, 4.69) is 22.3 Å². The van der Waals surface area contributed by atoms with Crippen LogP contribution in [0.15, 0.2) is 16.8 Å². The van der Waals surface area contributed by atoms with Gasteiger partial charge in [-0.2, -0.15) is 0 Å². The van der Waals surface area contributed by atoms with Gasteiger partial charge in [-0.3, -0.25) is 5.32 Å². The van der Waals surface area contributed by atoms with Crippen molar-refractivity contribution in [3.05, 3.63) is 18.0 Å². The van der Waals surface area contributed by atoms with Crippen molar-refractivity contribution < 1.29 is 4.52 Å². The van der Waals surface area contributed by atoms with Crippen molar-refractivity contribution in [3.63, 3.8) is 0 Å². The Kier molecular flexibility index (Phi) is 3.23. The lowest BCUT2D eigenvalue weighted by Crippen LogP contribution is -2.12. The zero-order valence-electron chi connectivity index (χ0n) is 6.42. The van der Waals surface area contributed by atoms with Gasteiger partial charge in [-0.25, -0.2) is 0 Å². The molecule has 1 aromatic heterocycles. The van der Waals surface area contributed by atoms with Gasteiger partial charge in [0.05, 0.1) is 19.3 Å². The molecule has 0 saturated heterocycles. The normalized spacial score (nSPS) is 8.82. The van der Waals surface area contributed by atoms with Gasteiger partial charge in [0.2, 0.25) is 0 Å². The van der Waals surface area contributed by atoms with Crippen LogP contribution in [0, 0.1) is 11.8 Å². The maximum atomic E-state index is 4.85. The van der Waals surface area contributed by atoms with Crippen molar-refractivity contribution in [2.45, 2.75) is 13.5 Å². The first kappa shape index (κ1) is 7.83. The van der Waals surface area contributed by atoms with Gasteiger partial charge >= 0.3 is 0 Å². The van der Waals surface area contributed by atoms with Gasteiger partial charge in [-0.15, -0.1) is 5.92 Å². The zero-order valence-corrected chi connectivity index (χ0v) is 6.42. The molecule has 0 amide bonds. The van der Waals surface area contributed by atoms with Gasteiger partial charge in [-0.1, -0.05) is 11.1 Å². The molecule has 1 heterocycles. The van der Waals surface area contributed by atoms with Gasteiger partial charge in [0.15, 0.2) is 0 Å². The standard InChI is InChI=1S/C8H10N2O/c1-2-3-5-9-7-8-4-6-10-11-8/h4,6,9H,5,7H2,1H3. The maximum Gasteiger partial charge on any atom is 0.150 e. The molecular weight excluding hydrogens is 140 g/mol. The number of hydrogen-bond acceptors (Lipinski definition) is 3. The highest BCUT2D eigenvalue weighted by Gasteiger charge is 1.92. The van der Waals surface area contributed by atoms with Crippen molar-refractivity contribution in [1.82, 2.24) is 10.5 Å². The van der Waals surface area contributed by atoms with Crippen LogP contribution in [0.25, 0.3) is 0 Å². The Bertz CT molecular complexity index is 243.